The van der Waals surface area contributed by atoms with Crippen LogP contribution in [0.5, 0.6) is 0 Å². The molecule has 0 radical (unpaired) electrons. The van der Waals surface area contributed by atoms with Gasteiger partial charge in [-0.15, -0.1) is 0 Å². The third-order valence-electron chi connectivity index (χ3n) is 3.13. The molecule has 3 nitrogen and oxygen atoms in total. The summed E-state index contributed by atoms with van der Waals surface area (Å²) in [7, 11) is 0. The van der Waals surface area contributed by atoms with Crippen LogP contribution < -0.4 is 0 Å². The number of halogens is 5. The van der Waals surface area contributed by atoms with Crippen LogP contribution in [0.4, 0.5) is 19.0 Å². The Morgan fingerprint density at radius 1 is 1.27 bits per heavy atom. The molecule has 0 amide bonds. The quantitative estimate of drug-likeness (QED) is 0.656. The predicted molar refractivity (Wildman–Crippen MR) is 82.3 cm³/mol. The lowest BCUT2D eigenvalue weighted by Gasteiger charge is -2.09. The Morgan fingerprint density at radius 3 is 2.77 bits per heavy atom. The second-order valence-corrected chi connectivity index (χ2v) is 5.84. The highest BCUT2D eigenvalue weighted by Gasteiger charge is 2.30. The predicted octanol–water partition coefficient (Wildman–Crippen LogP) is 5.23. The number of aliphatic imine (C=N–C) groups is 1. The van der Waals surface area contributed by atoms with Crippen molar-refractivity contribution < 1.29 is 13.2 Å². The van der Waals surface area contributed by atoms with Crippen molar-refractivity contribution in [1.82, 2.24) is 9.78 Å². The lowest BCUT2D eigenvalue weighted by atomic mass is 10.0. The number of nitrogens with zero attached hydrogens (tertiary/aromatic N) is 3. The van der Waals surface area contributed by atoms with Crippen LogP contribution in [0.2, 0.25) is 0 Å². The molecule has 0 atom stereocenters. The molecule has 1 aromatic carbocycles. The van der Waals surface area contributed by atoms with E-state index in [0.717, 1.165) is 12.1 Å². The van der Waals surface area contributed by atoms with Crippen LogP contribution in [0.15, 0.2) is 46.0 Å². The van der Waals surface area contributed by atoms with Gasteiger partial charge in [-0.05, 0) is 39.7 Å². The SMILES string of the molecule is FC(F)(F)c1cccc(C2=Nc3c(Br)cnn3C(Cl)=CC2)c1. The third kappa shape index (κ3) is 2.83. The van der Waals surface area contributed by atoms with E-state index in [1.165, 1.54) is 16.9 Å². The van der Waals surface area contributed by atoms with Crippen LogP contribution >= 0.6 is 27.5 Å². The first-order chi connectivity index (χ1) is 10.4. The van der Waals surface area contributed by atoms with Gasteiger partial charge in [-0.25, -0.2) is 9.67 Å². The van der Waals surface area contributed by atoms with Crippen LogP contribution in [0.1, 0.15) is 17.5 Å². The Bertz CT molecular complexity index is 793. The fourth-order valence-corrected chi connectivity index (χ4v) is 2.63. The minimum absolute atomic E-state index is 0.315. The molecule has 0 saturated heterocycles. The number of aromatic nitrogens is 2. The molecule has 22 heavy (non-hydrogen) atoms. The molecule has 0 bridgehead atoms. The largest absolute Gasteiger partial charge is 0.416 e. The van der Waals surface area contributed by atoms with E-state index >= 15 is 0 Å². The molecule has 1 aliphatic heterocycles. The molecule has 0 fully saturated rings. The van der Waals surface area contributed by atoms with Gasteiger partial charge in [0.25, 0.3) is 0 Å². The summed E-state index contributed by atoms with van der Waals surface area (Å²) in [5.74, 6) is 0.450. The van der Waals surface area contributed by atoms with Crippen molar-refractivity contribution >= 4 is 44.2 Å². The zero-order chi connectivity index (χ0) is 15.9. The number of hydrogen-bond donors (Lipinski definition) is 0. The topological polar surface area (TPSA) is 30.2 Å². The molecule has 8 heteroatoms. The second-order valence-electron chi connectivity index (χ2n) is 4.60. The molecular formula is C14H8BrClF3N3. The Kier molecular flexibility index (Phi) is 3.86. The van der Waals surface area contributed by atoms with E-state index in [4.69, 9.17) is 11.6 Å². The van der Waals surface area contributed by atoms with E-state index in [1.54, 1.807) is 12.1 Å². The summed E-state index contributed by atoms with van der Waals surface area (Å²) in [6, 6.07) is 5.07. The molecular weight excluding hydrogens is 383 g/mol. The molecule has 0 saturated carbocycles. The normalized spacial score (nSPS) is 15.0. The first-order valence-electron chi connectivity index (χ1n) is 6.21. The third-order valence-corrected chi connectivity index (χ3v) is 4.00. The number of fused-ring (bicyclic) bond motifs is 1. The van der Waals surface area contributed by atoms with Crippen LogP contribution in [0, 0.1) is 0 Å². The van der Waals surface area contributed by atoms with E-state index < -0.39 is 11.7 Å². The monoisotopic (exact) mass is 389 g/mol. The molecule has 0 unspecified atom stereocenters. The Hall–Kier alpha value is -1.60. The van der Waals surface area contributed by atoms with E-state index in [1.807, 2.05) is 0 Å². The Morgan fingerprint density at radius 2 is 2.05 bits per heavy atom. The van der Waals surface area contributed by atoms with Crippen LogP contribution in [-0.2, 0) is 6.18 Å². The van der Waals surface area contributed by atoms with Crippen molar-refractivity contribution in [3.8, 4) is 0 Å². The molecule has 1 aliphatic rings. The highest BCUT2D eigenvalue weighted by molar-refractivity contribution is 9.10. The average molecular weight is 391 g/mol. The second kappa shape index (κ2) is 5.55. The van der Waals surface area contributed by atoms with Gasteiger partial charge in [-0.3, -0.25) is 0 Å². The number of benzene rings is 1. The van der Waals surface area contributed by atoms with Crippen LogP contribution in [0.3, 0.4) is 0 Å². The molecule has 3 rings (SSSR count). The number of allylic oxidation sites excluding steroid dienone is 1. The van der Waals surface area contributed by atoms with E-state index in [0.29, 0.717) is 33.1 Å². The van der Waals surface area contributed by atoms with Gasteiger partial charge in [0, 0.05) is 6.42 Å². The van der Waals surface area contributed by atoms with Gasteiger partial charge in [-0.1, -0.05) is 23.7 Å². The lowest BCUT2D eigenvalue weighted by molar-refractivity contribution is -0.137. The summed E-state index contributed by atoms with van der Waals surface area (Å²) >= 11 is 9.41. The minimum atomic E-state index is -4.39. The maximum Gasteiger partial charge on any atom is 0.416 e. The van der Waals surface area contributed by atoms with Gasteiger partial charge in [0.2, 0.25) is 0 Å². The van der Waals surface area contributed by atoms with Crippen molar-refractivity contribution in [2.75, 3.05) is 0 Å². The van der Waals surface area contributed by atoms with Crippen molar-refractivity contribution in [3.63, 3.8) is 0 Å². The maximum atomic E-state index is 12.8. The summed E-state index contributed by atoms with van der Waals surface area (Å²) in [6.45, 7) is 0. The number of rotatable bonds is 1. The van der Waals surface area contributed by atoms with Gasteiger partial charge in [0.15, 0.2) is 5.82 Å². The van der Waals surface area contributed by atoms with Gasteiger partial charge in [0.1, 0.15) is 5.16 Å². The summed E-state index contributed by atoms with van der Waals surface area (Å²) < 4.78 is 40.5. The fraction of sp³-hybridized carbons (Fsp3) is 0.143. The molecule has 0 aliphatic carbocycles. The first kappa shape index (κ1) is 15.3. The van der Waals surface area contributed by atoms with Crippen molar-refractivity contribution in [1.29, 1.82) is 0 Å². The zero-order valence-electron chi connectivity index (χ0n) is 10.9. The van der Waals surface area contributed by atoms with E-state index in [-0.39, 0.29) is 0 Å². The summed E-state index contributed by atoms with van der Waals surface area (Å²) in [5, 5.41) is 4.42. The smallest absolute Gasteiger partial charge is 0.232 e. The van der Waals surface area contributed by atoms with Gasteiger partial charge in [-0.2, -0.15) is 18.3 Å². The first-order valence-corrected chi connectivity index (χ1v) is 7.38. The average Bonchev–Trinajstić information content (AvgIpc) is 2.74. The Labute approximate surface area is 137 Å². The number of alkyl halides is 3. The molecule has 1 aromatic heterocycles. The summed E-state index contributed by atoms with van der Waals surface area (Å²) in [4.78, 5) is 4.41. The molecule has 2 heterocycles. The number of hydrogen-bond acceptors (Lipinski definition) is 2. The van der Waals surface area contributed by atoms with Crippen molar-refractivity contribution in [3.05, 3.63) is 52.1 Å². The highest BCUT2D eigenvalue weighted by Crippen LogP contribution is 2.34. The Balaban J connectivity index is 2.10. The lowest BCUT2D eigenvalue weighted by Crippen LogP contribution is -2.07. The standard InChI is InChI=1S/C14H8BrClF3N3/c15-10-7-20-22-12(16)5-4-11(21-13(10)22)8-2-1-3-9(6-8)14(17,18)19/h1-3,5-7H,4H2. The van der Waals surface area contributed by atoms with E-state index in [2.05, 4.69) is 26.0 Å². The van der Waals surface area contributed by atoms with Crippen LogP contribution in [0.25, 0.3) is 5.16 Å². The van der Waals surface area contributed by atoms with Gasteiger partial charge < -0.3 is 0 Å². The van der Waals surface area contributed by atoms with Gasteiger partial charge in [0.05, 0.1) is 21.9 Å². The summed E-state index contributed by atoms with van der Waals surface area (Å²) in [6.07, 6.45) is -0.881. The fourth-order valence-electron chi connectivity index (χ4n) is 2.08. The maximum absolute atomic E-state index is 12.8. The minimum Gasteiger partial charge on any atom is -0.232 e. The summed E-state index contributed by atoms with van der Waals surface area (Å²) in [5.41, 5.74) is 0.181. The highest BCUT2D eigenvalue weighted by atomic mass is 79.9. The van der Waals surface area contributed by atoms with Crippen molar-refractivity contribution in [2.24, 2.45) is 4.99 Å². The zero-order valence-corrected chi connectivity index (χ0v) is 13.2. The van der Waals surface area contributed by atoms with Crippen molar-refractivity contribution in [2.45, 2.75) is 12.6 Å². The van der Waals surface area contributed by atoms with Crippen LogP contribution in [-0.4, -0.2) is 15.5 Å². The molecule has 2 aromatic rings. The molecule has 0 spiro atoms. The molecule has 114 valence electrons. The van der Waals surface area contributed by atoms with Gasteiger partial charge >= 0.3 is 6.18 Å². The molecule has 0 N–H and O–H groups in total. The van der Waals surface area contributed by atoms with E-state index in [9.17, 15) is 13.2 Å².